The van der Waals surface area contributed by atoms with E-state index in [-0.39, 0.29) is 30.4 Å². The highest BCUT2D eigenvalue weighted by molar-refractivity contribution is 5.91. The van der Waals surface area contributed by atoms with Gasteiger partial charge in [-0.1, -0.05) is 42.5 Å². The van der Waals surface area contributed by atoms with E-state index in [1.165, 1.54) is 4.68 Å². The van der Waals surface area contributed by atoms with Gasteiger partial charge in [-0.2, -0.15) is 0 Å². The molecule has 0 spiro atoms. The second kappa shape index (κ2) is 10.2. The van der Waals surface area contributed by atoms with Crippen molar-refractivity contribution >= 4 is 23.8 Å². The first-order chi connectivity index (χ1) is 15.8. The molecule has 33 heavy (non-hydrogen) atoms. The maximum Gasteiger partial charge on any atom is 0.292 e. The Hall–Kier alpha value is -3.88. The Kier molecular flexibility index (Phi) is 7.32. The van der Waals surface area contributed by atoms with E-state index in [9.17, 15) is 14.4 Å². The first kappa shape index (κ1) is 23.8. The number of aryl methyl sites for hydroxylation is 2. The summed E-state index contributed by atoms with van der Waals surface area (Å²) in [6.07, 6.45) is 2.27. The van der Waals surface area contributed by atoms with Crippen molar-refractivity contribution in [2.45, 2.75) is 38.1 Å². The van der Waals surface area contributed by atoms with Gasteiger partial charge in [0.15, 0.2) is 0 Å². The highest BCUT2D eigenvalue weighted by Crippen LogP contribution is 2.30. The van der Waals surface area contributed by atoms with Crippen molar-refractivity contribution in [1.82, 2.24) is 9.99 Å². The van der Waals surface area contributed by atoms with Gasteiger partial charge in [-0.3, -0.25) is 24.8 Å². The molecular formula is C24H30N6O3. The molecule has 3 rings (SSSR count). The Labute approximate surface area is 192 Å². The maximum absolute atomic E-state index is 13.4. The minimum absolute atomic E-state index is 0.0460. The van der Waals surface area contributed by atoms with Crippen LogP contribution in [0.2, 0.25) is 0 Å². The third kappa shape index (κ3) is 5.14. The number of pyridine rings is 1. The van der Waals surface area contributed by atoms with Crippen LogP contribution in [0.15, 0.2) is 59.4 Å². The minimum atomic E-state index is -1.14. The molecule has 0 bridgehead atoms. The second-order valence-electron chi connectivity index (χ2n) is 8.28. The van der Waals surface area contributed by atoms with E-state index < -0.39 is 11.1 Å². The van der Waals surface area contributed by atoms with Crippen LogP contribution in [0.1, 0.15) is 30.5 Å². The number of benzene rings is 1. The van der Waals surface area contributed by atoms with Crippen molar-refractivity contribution in [3.05, 3.63) is 76.2 Å². The molecule has 1 fully saturated rings. The molecular weight excluding hydrogens is 420 g/mol. The molecule has 174 valence electrons. The van der Waals surface area contributed by atoms with Gasteiger partial charge in [0.2, 0.25) is 12.3 Å². The fourth-order valence-corrected chi connectivity index (χ4v) is 4.19. The number of amidine groups is 1. The van der Waals surface area contributed by atoms with Gasteiger partial charge in [0.25, 0.3) is 5.56 Å². The van der Waals surface area contributed by atoms with E-state index in [0.717, 1.165) is 11.1 Å². The highest BCUT2D eigenvalue weighted by Gasteiger charge is 2.44. The number of carbonyl (C=O) groups excluding carboxylic acids is 2. The van der Waals surface area contributed by atoms with Crippen molar-refractivity contribution in [3.63, 3.8) is 0 Å². The lowest BCUT2D eigenvalue weighted by atomic mass is 9.84. The summed E-state index contributed by atoms with van der Waals surface area (Å²) in [6, 6.07) is 13.0. The Balaban J connectivity index is 1.90. The SMILES string of the molecule is C=C1CCN(n2c(C)ccc(NC(=O)CCc3ccccc3)c2=O)C(CNC=O)(C(=N)N)C1. The molecule has 2 aromatic rings. The topological polar surface area (TPSA) is 133 Å². The van der Waals surface area contributed by atoms with E-state index in [2.05, 4.69) is 17.2 Å². The minimum Gasteiger partial charge on any atom is -0.386 e. The molecule has 2 amide bonds. The molecule has 1 aliphatic heterocycles. The molecule has 5 N–H and O–H groups in total. The number of hydrogen-bond acceptors (Lipinski definition) is 5. The van der Waals surface area contributed by atoms with Crippen LogP contribution in [-0.2, 0) is 16.0 Å². The lowest BCUT2D eigenvalue weighted by Gasteiger charge is -2.49. The molecule has 1 aromatic heterocycles. The van der Waals surface area contributed by atoms with Crippen molar-refractivity contribution in [2.24, 2.45) is 5.73 Å². The van der Waals surface area contributed by atoms with Gasteiger partial charge < -0.3 is 16.4 Å². The van der Waals surface area contributed by atoms with Gasteiger partial charge >= 0.3 is 0 Å². The molecule has 2 heterocycles. The van der Waals surface area contributed by atoms with Gasteiger partial charge in [0.05, 0.1) is 0 Å². The molecule has 1 atom stereocenters. The number of rotatable bonds is 9. The summed E-state index contributed by atoms with van der Waals surface area (Å²) >= 11 is 0. The van der Waals surface area contributed by atoms with E-state index >= 15 is 0 Å². The number of hydrogen-bond donors (Lipinski definition) is 4. The molecule has 1 unspecified atom stereocenters. The van der Waals surface area contributed by atoms with Crippen LogP contribution in [0.25, 0.3) is 0 Å². The van der Waals surface area contributed by atoms with Crippen LogP contribution >= 0.6 is 0 Å². The maximum atomic E-state index is 13.4. The number of anilines is 1. The number of carbonyl (C=O) groups is 2. The van der Waals surface area contributed by atoms with Crippen LogP contribution in [0, 0.1) is 12.3 Å². The largest absolute Gasteiger partial charge is 0.386 e. The van der Waals surface area contributed by atoms with Gasteiger partial charge in [0, 0.05) is 31.6 Å². The van der Waals surface area contributed by atoms with Crippen molar-refractivity contribution < 1.29 is 9.59 Å². The highest BCUT2D eigenvalue weighted by atomic mass is 16.2. The van der Waals surface area contributed by atoms with Crippen LogP contribution in [0.4, 0.5) is 5.69 Å². The molecule has 1 aromatic carbocycles. The molecule has 9 heteroatoms. The zero-order valence-electron chi connectivity index (χ0n) is 18.8. The predicted octanol–water partition coefficient (Wildman–Crippen LogP) is 1.44. The first-order valence-electron chi connectivity index (χ1n) is 10.8. The summed E-state index contributed by atoms with van der Waals surface area (Å²) in [5, 5.41) is 15.3. The van der Waals surface area contributed by atoms with Gasteiger partial charge in [-0.05, 0) is 37.5 Å². The Morgan fingerprint density at radius 1 is 1.27 bits per heavy atom. The lowest BCUT2D eigenvalue weighted by molar-refractivity contribution is -0.116. The number of nitrogens with zero attached hydrogens (tertiary/aromatic N) is 2. The predicted molar refractivity (Wildman–Crippen MR) is 129 cm³/mol. The van der Waals surface area contributed by atoms with E-state index in [1.807, 2.05) is 30.3 Å². The Bertz CT molecular complexity index is 1110. The lowest BCUT2D eigenvalue weighted by Crippen LogP contribution is -2.70. The summed E-state index contributed by atoms with van der Waals surface area (Å²) in [7, 11) is 0. The van der Waals surface area contributed by atoms with Gasteiger partial charge in [-0.25, -0.2) is 4.68 Å². The number of piperidine rings is 1. The molecule has 0 saturated carbocycles. The quantitative estimate of drug-likeness (QED) is 0.199. The summed E-state index contributed by atoms with van der Waals surface area (Å²) in [4.78, 5) is 37.0. The van der Waals surface area contributed by atoms with E-state index in [1.54, 1.807) is 24.1 Å². The number of nitrogens with two attached hydrogens (primary N) is 1. The molecule has 0 aliphatic carbocycles. The van der Waals surface area contributed by atoms with Crippen LogP contribution < -0.4 is 26.9 Å². The fraction of sp³-hybridized carbons (Fsp3) is 0.333. The summed E-state index contributed by atoms with van der Waals surface area (Å²) in [5.41, 5.74) is 7.12. The second-order valence-corrected chi connectivity index (χ2v) is 8.28. The van der Waals surface area contributed by atoms with E-state index in [4.69, 9.17) is 11.1 Å². The van der Waals surface area contributed by atoms with E-state index in [0.29, 0.717) is 37.9 Å². The smallest absolute Gasteiger partial charge is 0.292 e. The normalized spacial score (nSPS) is 18.0. The summed E-state index contributed by atoms with van der Waals surface area (Å²) in [6.45, 7) is 6.23. The number of aromatic nitrogens is 1. The number of nitrogens with one attached hydrogen (secondary N) is 3. The summed E-state index contributed by atoms with van der Waals surface area (Å²) in [5.74, 6) is -0.444. The molecule has 1 aliphatic rings. The average Bonchev–Trinajstić information content (AvgIpc) is 2.80. The zero-order valence-corrected chi connectivity index (χ0v) is 18.8. The van der Waals surface area contributed by atoms with Gasteiger partial charge in [0.1, 0.15) is 17.1 Å². The third-order valence-electron chi connectivity index (χ3n) is 5.94. The number of amides is 2. The molecule has 0 radical (unpaired) electrons. The van der Waals surface area contributed by atoms with Gasteiger partial charge in [-0.15, -0.1) is 0 Å². The molecule has 9 nitrogen and oxygen atoms in total. The Morgan fingerprint density at radius 2 is 2.00 bits per heavy atom. The van der Waals surface area contributed by atoms with Crippen molar-refractivity contribution in [2.75, 3.05) is 23.4 Å². The van der Waals surface area contributed by atoms with Crippen molar-refractivity contribution in [1.29, 1.82) is 5.41 Å². The third-order valence-corrected chi connectivity index (χ3v) is 5.94. The zero-order chi connectivity index (χ0) is 24.0. The Morgan fingerprint density at radius 3 is 2.67 bits per heavy atom. The van der Waals surface area contributed by atoms with Crippen LogP contribution in [-0.4, -0.2) is 41.5 Å². The average molecular weight is 451 g/mol. The standard InChI is InChI=1S/C24H30N6O3/c1-17-12-13-29(24(14-17,23(25)26)15-27-16-31)30-18(2)8-10-20(22(30)33)28-21(32)11-9-19-6-4-3-5-7-19/h3-8,10,16H,1,9,11-15H2,2H3,(H3,25,26)(H,27,31)(H,28,32). The van der Waals surface area contributed by atoms with Crippen LogP contribution in [0.3, 0.4) is 0 Å². The first-order valence-corrected chi connectivity index (χ1v) is 10.8. The molecule has 1 saturated heterocycles. The summed E-state index contributed by atoms with van der Waals surface area (Å²) < 4.78 is 1.44. The van der Waals surface area contributed by atoms with Crippen LogP contribution in [0.5, 0.6) is 0 Å². The van der Waals surface area contributed by atoms with Crippen molar-refractivity contribution in [3.8, 4) is 0 Å². The fourth-order valence-electron chi connectivity index (χ4n) is 4.19. The monoisotopic (exact) mass is 450 g/mol.